The van der Waals surface area contributed by atoms with Crippen LogP contribution in [-0.4, -0.2) is 19.7 Å². The molecule has 0 unspecified atom stereocenters. The van der Waals surface area contributed by atoms with Gasteiger partial charge in [-0.1, -0.05) is 6.07 Å². The molecule has 0 fully saturated rings. The largest absolute Gasteiger partial charge is 0.281 e. The third-order valence-corrected chi connectivity index (χ3v) is 3.77. The fourth-order valence-corrected chi connectivity index (χ4v) is 2.90. The molecule has 0 radical (unpaired) electrons. The number of non-ortho nitro benzene ring substituents is 1. The van der Waals surface area contributed by atoms with Gasteiger partial charge in [0, 0.05) is 6.07 Å². The van der Waals surface area contributed by atoms with E-state index in [2.05, 4.69) is 10.1 Å². The number of halogens is 2. The first-order valence-electron chi connectivity index (χ1n) is 5.96. The summed E-state index contributed by atoms with van der Waals surface area (Å²) in [6.07, 6.45) is 1.13. The van der Waals surface area contributed by atoms with Crippen LogP contribution < -0.4 is 0 Å². The van der Waals surface area contributed by atoms with Crippen molar-refractivity contribution >= 4 is 39.2 Å². The lowest BCUT2D eigenvalue weighted by Crippen LogP contribution is -2.03. The van der Waals surface area contributed by atoms with Crippen LogP contribution in [0.4, 0.5) is 10.1 Å². The number of hydrogen-bond donors (Lipinski definition) is 0. The highest BCUT2D eigenvalue weighted by Crippen LogP contribution is 2.29. The second kappa shape index (κ2) is 5.35. The van der Waals surface area contributed by atoms with Gasteiger partial charge in [-0.15, -0.1) is 0 Å². The van der Waals surface area contributed by atoms with Gasteiger partial charge < -0.3 is 0 Å². The Labute approximate surface area is 131 Å². The maximum atomic E-state index is 12.9. The van der Waals surface area contributed by atoms with Crippen LogP contribution in [0.5, 0.6) is 0 Å². The van der Waals surface area contributed by atoms with Gasteiger partial charge in [-0.05, 0) is 40.8 Å². The smallest absolute Gasteiger partial charge is 0.258 e. The van der Waals surface area contributed by atoms with E-state index >= 15 is 0 Å². The average Bonchev–Trinajstić information content (AvgIpc) is 2.78. The summed E-state index contributed by atoms with van der Waals surface area (Å²) in [6, 6.07) is 7.72. The molecule has 0 saturated carbocycles. The molecular weight excluding hydrogens is 390 g/mol. The molecule has 0 N–H and O–H groups in total. The van der Waals surface area contributed by atoms with E-state index in [9.17, 15) is 14.5 Å². The molecule has 6 nitrogen and oxygen atoms in total. The molecule has 2 aromatic heterocycles. The molecule has 3 aromatic rings. The van der Waals surface area contributed by atoms with E-state index < -0.39 is 10.7 Å². The average molecular weight is 398 g/mol. The quantitative estimate of drug-likeness (QED) is 0.386. The second-order valence-electron chi connectivity index (χ2n) is 4.34. The first kappa shape index (κ1) is 13.9. The number of nitro groups is 1. The zero-order chi connectivity index (χ0) is 15.0. The zero-order valence-corrected chi connectivity index (χ0v) is 12.7. The van der Waals surface area contributed by atoms with Crippen LogP contribution in [0.1, 0.15) is 5.69 Å². The molecule has 0 aliphatic heterocycles. The van der Waals surface area contributed by atoms with Crippen molar-refractivity contribution in [2.45, 2.75) is 6.54 Å². The topological polar surface area (TPSA) is 73.8 Å². The molecule has 0 aliphatic rings. The molecule has 3 rings (SSSR count). The van der Waals surface area contributed by atoms with Crippen LogP contribution in [0.15, 0.2) is 36.5 Å². The van der Waals surface area contributed by atoms with E-state index in [0.29, 0.717) is 26.8 Å². The van der Waals surface area contributed by atoms with Gasteiger partial charge in [-0.25, -0.2) is 4.39 Å². The predicted molar refractivity (Wildman–Crippen MR) is 82.4 cm³/mol. The first-order chi connectivity index (χ1) is 10.1. The van der Waals surface area contributed by atoms with Gasteiger partial charge in [0.15, 0.2) is 0 Å². The van der Waals surface area contributed by atoms with Crippen molar-refractivity contribution in [3.63, 3.8) is 0 Å². The molecule has 0 atom stereocenters. The molecule has 106 valence electrons. The Kier molecular flexibility index (Phi) is 3.53. The number of fused-ring (bicyclic) bond motifs is 1. The van der Waals surface area contributed by atoms with Gasteiger partial charge in [-0.3, -0.25) is 19.8 Å². The number of benzene rings is 1. The fraction of sp³-hybridized carbons (Fsp3) is 0.0769. The van der Waals surface area contributed by atoms with E-state index in [1.807, 2.05) is 22.6 Å². The molecule has 0 bridgehead atoms. The summed E-state index contributed by atoms with van der Waals surface area (Å²) in [7, 11) is 0. The number of hydrogen-bond acceptors (Lipinski definition) is 4. The highest BCUT2D eigenvalue weighted by Gasteiger charge is 2.19. The zero-order valence-electron chi connectivity index (χ0n) is 10.5. The van der Waals surface area contributed by atoms with E-state index in [-0.39, 0.29) is 5.69 Å². The van der Waals surface area contributed by atoms with Crippen LogP contribution in [0.3, 0.4) is 0 Å². The normalized spacial score (nSPS) is 11.0. The van der Waals surface area contributed by atoms with Crippen molar-refractivity contribution in [1.82, 2.24) is 14.8 Å². The Hall–Kier alpha value is -2.10. The fourth-order valence-electron chi connectivity index (χ4n) is 2.09. The van der Waals surface area contributed by atoms with Crippen LogP contribution >= 0.6 is 22.6 Å². The van der Waals surface area contributed by atoms with Gasteiger partial charge in [-0.2, -0.15) is 5.10 Å². The minimum Gasteiger partial charge on any atom is -0.258 e. The number of pyridine rings is 1. The highest BCUT2D eigenvalue weighted by atomic mass is 127. The highest BCUT2D eigenvalue weighted by molar-refractivity contribution is 14.1. The van der Waals surface area contributed by atoms with Crippen LogP contribution in [0, 0.1) is 19.6 Å². The maximum absolute atomic E-state index is 12.9. The van der Waals surface area contributed by atoms with Gasteiger partial charge in [0.05, 0.1) is 28.9 Å². The summed E-state index contributed by atoms with van der Waals surface area (Å²) in [6.45, 7) is 0.320. The molecule has 8 heteroatoms. The summed E-state index contributed by atoms with van der Waals surface area (Å²) in [4.78, 5) is 14.6. The lowest BCUT2D eigenvalue weighted by molar-refractivity contribution is -0.383. The number of rotatable bonds is 3. The van der Waals surface area contributed by atoms with Gasteiger partial charge in [0.2, 0.25) is 0 Å². The monoisotopic (exact) mass is 398 g/mol. The van der Waals surface area contributed by atoms with Gasteiger partial charge in [0.1, 0.15) is 14.9 Å². The van der Waals surface area contributed by atoms with Crippen molar-refractivity contribution in [2.24, 2.45) is 0 Å². The third kappa shape index (κ3) is 2.58. The molecule has 0 amide bonds. The number of nitro benzene ring substituents is 1. The van der Waals surface area contributed by atoms with Crippen molar-refractivity contribution in [3.8, 4) is 0 Å². The Bertz CT molecular complexity index is 832. The SMILES string of the molecule is O=[N+]([O-])c1cccc2c1c(I)nn2Cc1ccc(F)cn1. The molecule has 0 saturated heterocycles. The number of nitrogens with zero attached hydrogens (tertiary/aromatic N) is 4. The summed E-state index contributed by atoms with van der Waals surface area (Å²) >= 11 is 1.97. The van der Waals surface area contributed by atoms with E-state index in [1.165, 1.54) is 12.1 Å². The van der Waals surface area contributed by atoms with Gasteiger partial charge >= 0.3 is 0 Å². The molecule has 0 aliphatic carbocycles. The summed E-state index contributed by atoms with van der Waals surface area (Å²) in [5.74, 6) is -0.408. The molecule has 1 aromatic carbocycles. The third-order valence-electron chi connectivity index (χ3n) is 3.01. The Morgan fingerprint density at radius 2 is 2.14 bits per heavy atom. The predicted octanol–water partition coefficient (Wildman–Crippen LogP) is 3.13. The summed E-state index contributed by atoms with van der Waals surface area (Å²) < 4.78 is 15.0. The Morgan fingerprint density at radius 1 is 1.33 bits per heavy atom. The van der Waals surface area contributed by atoms with Crippen molar-refractivity contribution in [1.29, 1.82) is 0 Å². The van der Waals surface area contributed by atoms with E-state index in [4.69, 9.17) is 0 Å². The summed E-state index contributed by atoms with van der Waals surface area (Å²) in [5.41, 5.74) is 1.30. The first-order valence-corrected chi connectivity index (χ1v) is 7.04. The molecular formula is C13H8FIN4O2. The maximum Gasteiger partial charge on any atom is 0.281 e. The van der Waals surface area contributed by atoms with Crippen LogP contribution in [0.2, 0.25) is 0 Å². The Balaban J connectivity index is 2.10. The van der Waals surface area contributed by atoms with Crippen LogP contribution in [0.25, 0.3) is 10.9 Å². The summed E-state index contributed by atoms with van der Waals surface area (Å²) in [5, 5.41) is 15.9. The number of aromatic nitrogens is 3. The standard InChI is InChI=1S/C13H8FIN4O2/c14-8-4-5-9(16-6-8)7-18-10-2-1-3-11(19(20)21)12(10)13(15)17-18/h1-6H,7H2. The minimum absolute atomic E-state index is 0.0233. The van der Waals surface area contributed by atoms with Crippen molar-refractivity contribution in [3.05, 3.63) is 61.9 Å². The van der Waals surface area contributed by atoms with Gasteiger partial charge in [0.25, 0.3) is 5.69 Å². The molecule has 0 spiro atoms. The minimum atomic E-state index is -0.424. The van der Waals surface area contributed by atoms with Crippen LogP contribution in [-0.2, 0) is 6.54 Å². The molecule has 21 heavy (non-hydrogen) atoms. The lowest BCUT2D eigenvalue weighted by atomic mass is 10.2. The van der Waals surface area contributed by atoms with E-state index in [0.717, 1.165) is 6.20 Å². The van der Waals surface area contributed by atoms with Crippen molar-refractivity contribution < 1.29 is 9.31 Å². The Morgan fingerprint density at radius 3 is 2.81 bits per heavy atom. The molecule has 2 heterocycles. The van der Waals surface area contributed by atoms with E-state index in [1.54, 1.807) is 22.9 Å². The van der Waals surface area contributed by atoms with Crippen molar-refractivity contribution in [2.75, 3.05) is 0 Å². The second-order valence-corrected chi connectivity index (χ2v) is 5.37. The lowest BCUT2D eigenvalue weighted by Gasteiger charge is -2.03.